The Balaban J connectivity index is 1.81. The number of carbonyl (C=O) groups is 1. The topological polar surface area (TPSA) is 23.6 Å². The summed E-state index contributed by atoms with van der Waals surface area (Å²) in [6, 6.07) is 11.6. The van der Waals surface area contributed by atoms with Crippen LogP contribution in [0.15, 0.2) is 30.3 Å². The number of hydrogen-bond donors (Lipinski definition) is 0. The summed E-state index contributed by atoms with van der Waals surface area (Å²) in [5.41, 5.74) is 1.28. The van der Waals surface area contributed by atoms with Crippen LogP contribution in [0, 0.1) is 5.92 Å². The van der Waals surface area contributed by atoms with E-state index in [-0.39, 0.29) is 12.0 Å². The lowest BCUT2D eigenvalue weighted by Gasteiger charge is -2.43. The van der Waals surface area contributed by atoms with Crippen molar-refractivity contribution in [1.82, 2.24) is 9.80 Å². The lowest BCUT2D eigenvalue weighted by atomic mass is 9.96. The summed E-state index contributed by atoms with van der Waals surface area (Å²) in [6.07, 6.45) is 4.56. The van der Waals surface area contributed by atoms with Crippen LogP contribution in [0.4, 0.5) is 0 Å². The molecule has 1 aliphatic heterocycles. The standard InChI is InChI=1S/C19H28N2O/c1-3-15(4-2)19(22)21-13-12-20(17-10-11-17)14-18(21)16-8-6-5-7-9-16/h5-9,15,17-18H,3-4,10-14H2,1-2H3. The van der Waals surface area contributed by atoms with Gasteiger partial charge >= 0.3 is 0 Å². The maximum absolute atomic E-state index is 12.9. The smallest absolute Gasteiger partial charge is 0.226 e. The molecule has 1 heterocycles. The van der Waals surface area contributed by atoms with Gasteiger partial charge in [0.05, 0.1) is 6.04 Å². The van der Waals surface area contributed by atoms with Crippen molar-refractivity contribution in [3.8, 4) is 0 Å². The number of rotatable bonds is 5. The van der Waals surface area contributed by atoms with Gasteiger partial charge in [0.1, 0.15) is 0 Å². The monoisotopic (exact) mass is 300 g/mol. The van der Waals surface area contributed by atoms with Crippen molar-refractivity contribution in [1.29, 1.82) is 0 Å². The van der Waals surface area contributed by atoms with Crippen LogP contribution in [0.5, 0.6) is 0 Å². The molecule has 0 radical (unpaired) electrons. The number of carbonyl (C=O) groups excluding carboxylic acids is 1. The Labute approximate surface area is 134 Å². The Bertz CT molecular complexity index is 493. The Kier molecular flexibility index (Phi) is 4.82. The predicted molar refractivity (Wildman–Crippen MR) is 89.6 cm³/mol. The van der Waals surface area contributed by atoms with Crippen molar-refractivity contribution in [2.45, 2.75) is 51.6 Å². The molecular formula is C19H28N2O. The number of benzene rings is 1. The Morgan fingerprint density at radius 3 is 2.41 bits per heavy atom. The summed E-state index contributed by atoms with van der Waals surface area (Å²) in [6.45, 7) is 7.18. The van der Waals surface area contributed by atoms with Crippen LogP contribution in [0.3, 0.4) is 0 Å². The van der Waals surface area contributed by atoms with Gasteiger partial charge in [0, 0.05) is 31.6 Å². The fourth-order valence-electron chi connectivity index (χ4n) is 3.67. The second-order valence-electron chi connectivity index (χ2n) is 6.70. The average molecular weight is 300 g/mol. The van der Waals surface area contributed by atoms with E-state index < -0.39 is 0 Å². The van der Waals surface area contributed by atoms with Crippen LogP contribution in [-0.4, -0.2) is 41.4 Å². The Morgan fingerprint density at radius 1 is 1.14 bits per heavy atom. The van der Waals surface area contributed by atoms with Crippen molar-refractivity contribution in [2.24, 2.45) is 5.92 Å². The van der Waals surface area contributed by atoms with Gasteiger partial charge in [-0.05, 0) is 31.2 Å². The molecule has 1 unspecified atom stereocenters. The van der Waals surface area contributed by atoms with Gasteiger partial charge in [-0.25, -0.2) is 0 Å². The fourth-order valence-corrected chi connectivity index (χ4v) is 3.67. The van der Waals surface area contributed by atoms with Crippen LogP contribution in [0.2, 0.25) is 0 Å². The molecule has 0 aromatic heterocycles. The third-order valence-electron chi connectivity index (χ3n) is 5.28. The van der Waals surface area contributed by atoms with E-state index in [0.29, 0.717) is 5.91 Å². The maximum Gasteiger partial charge on any atom is 0.226 e. The zero-order valence-electron chi connectivity index (χ0n) is 13.9. The molecule has 0 N–H and O–H groups in total. The molecule has 0 bridgehead atoms. The van der Waals surface area contributed by atoms with Gasteiger partial charge in [-0.3, -0.25) is 9.69 Å². The predicted octanol–water partition coefficient (Wildman–Crippen LogP) is 3.47. The van der Waals surface area contributed by atoms with Crippen LogP contribution < -0.4 is 0 Å². The third kappa shape index (κ3) is 3.19. The number of amides is 1. The van der Waals surface area contributed by atoms with Gasteiger partial charge in [0.15, 0.2) is 0 Å². The Hall–Kier alpha value is -1.35. The first-order valence-electron chi connectivity index (χ1n) is 8.84. The molecule has 120 valence electrons. The molecule has 1 aromatic carbocycles. The van der Waals surface area contributed by atoms with E-state index in [2.05, 4.69) is 54.0 Å². The van der Waals surface area contributed by atoms with Crippen molar-refractivity contribution < 1.29 is 4.79 Å². The average Bonchev–Trinajstić information content (AvgIpc) is 3.41. The molecule has 3 rings (SSSR count). The largest absolute Gasteiger partial charge is 0.333 e. The molecule has 1 saturated heterocycles. The summed E-state index contributed by atoms with van der Waals surface area (Å²) in [5, 5.41) is 0. The van der Waals surface area contributed by atoms with Crippen LogP contribution in [0.25, 0.3) is 0 Å². The highest BCUT2D eigenvalue weighted by Gasteiger charge is 2.38. The van der Waals surface area contributed by atoms with Crippen molar-refractivity contribution in [2.75, 3.05) is 19.6 Å². The summed E-state index contributed by atoms with van der Waals surface area (Å²) >= 11 is 0. The van der Waals surface area contributed by atoms with E-state index in [1.165, 1.54) is 18.4 Å². The first-order chi connectivity index (χ1) is 10.7. The fraction of sp³-hybridized carbons (Fsp3) is 0.632. The minimum absolute atomic E-state index is 0.179. The lowest BCUT2D eigenvalue weighted by molar-refractivity contribution is -0.141. The van der Waals surface area contributed by atoms with Gasteiger partial charge in [0.25, 0.3) is 0 Å². The molecule has 2 fully saturated rings. The quantitative estimate of drug-likeness (QED) is 0.831. The van der Waals surface area contributed by atoms with Crippen molar-refractivity contribution >= 4 is 5.91 Å². The van der Waals surface area contributed by atoms with E-state index >= 15 is 0 Å². The number of hydrogen-bond acceptors (Lipinski definition) is 2. The van der Waals surface area contributed by atoms with Crippen LogP contribution in [0.1, 0.15) is 51.1 Å². The van der Waals surface area contributed by atoms with Crippen LogP contribution >= 0.6 is 0 Å². The SMILES string of the molecule is CCC(CC)C(=O)N1CCN(C2CC2)CC1c1ccccc1. The molecule has 3 heteroatoms. The molecule has 2 aliphatic rings. The molecule has 3 nitrogen and oxygen atoms in total. The normalized spacial score (nSPS) is 23.0. The van der Waals surface area contributed by atoms with Gasteiger partial charge < -0.3 is 4.90 Å². The minimum atomic E-state index is 0.179. The molecule has 0 spiro atoms. The van der Waals surface area contributed by atoms with Crippen LogP contribution in [-0.2, 0) is 4.79 Å². The summed E-state index contributed by atoms with van der Waals surface area (Å²) < 4.78 is 0. The van der Waals surface area contributed by atoms with E-state index in [0.717, 1.165) is 38.5 Å². The third-order valence-corrected chi connectivity index (χ3v) is 5.28. The molecule has 1 aromatic rings. The number of piperazine rings is 1. The van der Waals surface area contributed by atoms with Gasteiger partial charge in [0.2, 0.25) is 5.91 Å². The van der Waals surface area contributed by atoms with Gasteiger partial charge in [-0.1, -0.05) is 44.2 Å². The highest BCUT2D eigenvalue weighted by atomic mass is 16.2. The van der Waals surface area contributed by atoms with E-state index in [9.17, 15) is 4.79 Å². The molecule has 1 aliphatic carbocycles. The molecule has 1 amide bonds. The first kappa shape index (κ1) is 15.5. The highest BCUT2D eigenvalue weighted by molar-refractivity contribution is 5.79. The minimum Gasteiger partial charge on any atom is -0.333 e. The number of nitrogens with zero attached hydrogens (tertiary/aromatic N) is 2. The zero-order chi connectivity index (χ0) is 15.5. The second-order valence-corrected chi connectivity index (χ2v) is 6.70. The van der Waals surface area contributed by atoms with Crippen molar-refractivity contribution in [3.63, 3.8) is 0 Å². The van der Waals surface area contributed by atoms with Gasteiger partial charge in [-0.2, -0.15) is 0 Å². The van der Waals surface area contributed by atoms with E-state index in [4.69, 9.17) is 0 Å². The zero-order valence-corrected chi connectivity index (χ0v) is 13.9. The lowest BCUT2D eigenvalue weighted by Crippen LogP contribution is -2.52. The second kappa shape index (κ2) is 6.82. The first-order valence-corrected chi connectivity index (χ1v) is 8.84. The van der Waals surface area contributed by atoms with Gasteiger partial charge in [-0.15, -0.1) is 0 Å². The molecule has 22 heavy (non-hydrogen) atoms. The van der Waals surface area contributed by atoms with E-state index in [1.807, 2.05) is 0 Å². The molecular weight excluding hydrogens is 272 g/mol. The summed E-state index contributed by atoms with van der Waals surface area (Å²) in [4.78, 5) is 17.7. The summed E-state index contributed by atoms with van der Waals surface area (Å²) in [7, 11) is 0. The van der Waals surface area contributed by atoms with Crippen molar-refractivity contribution in [3.05, 3.63) is 35.9 Å². The summed E-state index contributed by atoms with van der Waals surface area (Å²) in [5.74, 6) is 0.535. The van der Waals surface area contributed by atoms with E-state index in [1.54, 1.807) is 0 Å². The highest BCUT2D eigenvalue weighted by Crippen LogP contribution is 2.34. The Morgan fingerprint density at radius 2 is 1.82 bits per heavy atom. The maximum atomic E-state index is 12.9. The molecule has 1 saturated carbocycles. The molecule has 1 atom stereocenters.